The molecular formula is C14H22N2. The molecule has 0 aliphatic carbocycles. The maximum atomic E-state index is 3.62. The van der Waals surface area contributed by atoms with Crippen LogP contribution < -0.4 is 10.2 Å². The Morgan fingerprint density at radius 2 is 2.12 bits per heavy atom. The van der Waals surface area contributed by atoms with E-state index in [0.717, 1.165) is 19.5 Å². The molecule has 2 rings (SSSR count). The molecule has 1 N–H and O–H groups in total. The minimum atomic E-state index is 0.318. The van der Waals surface area contributed by atoms with Crippen molar-refractivity contribution in [1.29, 1.82) is 0 Å². The van der Waals surface area contributed by atoms with Crippen molar-refractivity contribution >= 4 is 11.4 Å². The fourth-order valence-electron chi connectivity index (χ4n) is 2.51. The Balaban J connectivity index is 2.44. The zero-order valence-electron chi connectivity index (χ0n) is 10.8. The zero-order chi connectivity index (χ0) is 11.8. The lowest BCUT2D eigenvalue weighted by molar-refractivity contribution is 0.403. The highest BCUT2D eigenvalue weighted by molar-refractivity contribution is 5.74. The van der Waals surface area contributed by atoms with Gasteiger partial charge in [0.15, 0.2) is 0 Å². The maximum Gasteiger partial charge on any atom is 0.0610 e. The van der Waals surface area contributed by atoms with Crippen LogP contribution in [0.3, 0.4) is 0 Å². The predicted octanol–water partition coefficient (Wildman–Crippen LogP) is 3.14. The standard InChI is InChI=1S/C14H22N2/c1-5-11-7-6-8-12-13(11)15-9-14(2,3)10-16(12)4/h6-8,15H,5,9-10H2,1-4H3. The van der Waals surface area contributed by atoms with Crippen LogP contribution in [0.15, 0.2) is 18.2 Å². The number of nitrogens with one attached hydrogen (secondary N) is 1. The van der Waals surface area contributed by atoms with E-state index >= 15 is 0 Å². The largest absolute Gasteiger partial charge is 0.383 e. The summed E-state index contributed by atoms with van der Waals surface area (Å²) in [6, 6.07) is 6.59. The van der Waals surface area contributed by atoms with Gasteiger partial charge in [0.2, 0.25) is 0 Å². The number of fused-ring (bicyclic) bond motifs is 1. The molecule has 2 heteroatoms. The monoisotopic (exact) mass is 218 g/mol. The third kappa shape index (κ3) is 2.01. The molecule has 16 heavy (non-hydrogen) atoms. The van der Waals surface area contributed by atoms with Gasteiger partial charge in [0, 0.05) is 20.1 Å². The number of aryl methyl sites for hydroxylation is 1. The molecule has 0 fully saturated rings. The van der Waals surface area contributed by atoms with E-state index < -0.39 is 0 Å². The molecule has 1 aliphatic heterocycles. The molecule has 1 aliphatic rings. The quantitative estimate of drug-likeness (QED) is 0.779. The Hall–Kier alpha value is -1.18. The number of anilines is 2. The van der Waals surface area contributed by atoms with E-state index in [2.05, 4.69) is 56.2 Å². The van der Waals surface area contributed by atoms with E-state index in [1.54, 1.807) is 0 Å². The Morgan fingerprint density at radius 1 is 1.38 bits per heavy atom. The number of benzene rings is 1. The van der Waals surface area contributed by atoms with Crippen molar-refractivity contribution in [2.45, 2.75) is 27.2 Å². The van der Waals surface area contributed by atoms with Gasteiger partial charge in [-0.2, -0.15) is 0 Å². The molecular weight excluding hydrogens is 196 g/mol. The third-order valence-electron chi connectivity index (χ3n) is 3.33. The Kier molecular flexibility index (Phi) is 2.83. The van der Waals surface area contributed by atoms with Crippen LogP contribution in [0.2, 0.25) is 0 Å². The van der Waals surface area contributed by atoms with Crippen molar-refractivity contribution in [2.24, 2.45) is 5.41 Å². The summed E-state index contributed by atoms with van der Waals surface area (Å²) < 4.78 is 0. The van der Waals surface area contributed by atoms with Crippen LogP contribution in [0.1, 0.15) is 26.3 Å². The van der Waals surface area contributed by atoms with Gasteiger partial charge in [0.05, 0.1) is 11.4 Å². The first-order chi connectivity index (χ1) is 7.53. The van der Waals surface area contributed by atoms with Gasteiger partial charge in [-0.15, -0.1) is 0 Å². The molecule has 1 heterocycles. The van der Waals surface area contributed by atoms with E-state index in [0.29, 0.717) is 5.41 Å². The van der Waals surface area contributed by atoms with Crippen molar-refractivity contribution in [1.82, 2.24) is 0 Å². The fraction of sp³-hybridized carbons (Fsp3) is 0.571. The zero-order valence-corrected chi connectivity index (χ0v) is 10.8. The molecule has 0 aromatic heterocycles. The van der Waals surface area contributed by atoms with Gasteiger partial charge < -0.3 is 10.2 Å². The second-order valence-electron chi connectivity index (χ2n) is 5.54. The summed E-state index contributed by atoms with van der Waals surface area (Å²) in [5.74, 6) is 0. The molecule has 0 radical (unpaired) electrons. The van der Waals surface area contributed by atoms with Gasteiger partial charge in [0.1, 0.15) is 0 Å². The minimum absolute atomic E-state index is 0.318. The van der Waals surface area contributed by atoms with Crippen LogP contribution in [0, 0.1) is 5.41 Å². The van der Waals surface area contributed by atoms with E-state index in [9.17, 15) is 0 Å². The van der Waals surface area contributed by atoms with Gasteiger partial charge in [-0.1, -0.05) is 32.9 Å². The average molecular weight is 218 g/mol. The van der Waals surface area contributed by atoms with E-state index in [-0.39, 0.29) is 0 Å². The van der Waals surface area contributed by atoms with Crippen LogP contribution in [0.25, 0.3) is 0 Å². The minimum Gasteiger partial charge on any atom is -0.383 e. The van der Waals surface area contributed by atoms with Crippen molar-refractivity contribution in [3.8, 4) is 0 Å². The molecule has 0 amide bonds. The van der Waals surface area contributed by atoms with Crippen LogP contribution in [-0.2, 0) is 6.42 Å². The summed E-state index contributed by atoms with van der Waals surface area (Å²) in [5, 5.41) is 3.62. The molecule has 1 aromatic carbocycles. The summed E-state index contributed by atoms with van der Waals surface area (Å²) in [6.45, 7) is 8.98. The summed E-state index contributed by atoms with van der Waals surface area (Å²) in [4.78, 5) is 2.37. The van der Waals surface area contributed by atoms with Crippen molar-refractivity contribution < 1.29 is 0 Å². The maximum absolute atomic E-state index is 3.62. The second kappa shape index (κ2) is 4.00. The van der Waals surface area contributed by atoms with E-state index in [1.165, 1.54) is 16.9 Å². The lowest BCUT2D eigenvalue weighted by atomic mass is 9.93. The molecule has 0 unspecified atom stereocenters. The van der Waals surface area contributed by atoms with Crippen LogP contribution in [0.4, 0.5) is 11.4 Å². The number of hydrogen-bond donors (Lipinski definition) is 1. The Morgan fingerprint density at radius 3 is 2.81 bits per heavy atom. The van der Waals surface area contributed by atoms with Crippen molar-refractivity contribution in [3.05, 3.63) is 23.8 Å². The van der Waals surface area contributed by atoms with E-state index in [4.69, 9.17) is 0 Å². The smallest absolute Gasteiger partial charge is 0.0610 e. The van der Waals surface area contributed by atoms with Gasteiger partial charge >= 0.3 is 0 Å². The third-order valence-corrected chi connectivity index (χ3v) is 3.33. The van der Waals surface area contributed by atoms with Gasteiger partial charge in [-0.25, -0.2) is 0 Å². The molecule has 0 atom stereocenters. The predicted molar refractivity (Wildman–Crippen MR) is 71.4 cm³/mol. The second-order valence-corrected chi connectivity index (χ2v) is 5.54. The van der Waals surface area contributed by atoms with Gasteiger partial charge in [-0.05, 0) is 23.5 Å². The highest BCUT2D eigenvalue weighted by Gasteiger charge is 2.26. The summed E-state index contributed by atoms with van der Waals surface area (Å²) in [5.41, 5.74) is 4.41. The summed E-state index contributed by atoms with van der Waals surface area (Å²) in [6.07, 6.45) is 1.09. The highest BCUT2D eigenvalue weighted by Crippen LogP contribution is 2.35. The number of para-hydroxylation sites is 1. The number of hydrogen-bond acceptors (Lipinski definition) is 2. The molecule has 2 nitrogen and oxygen atoms in total. The Labute approximate surface area is 98.7 Å². The molecule has 0 spiro atoms. The van der Waals surface area contributed by atoms with Crippen molar-refractivity contribution in [3.63, 3.8) is 0 Å². The highest BCUT2D eigenvalue weighted by atomic mass is 15.1. The normalized spacial score (nSPS) is 18.6. The lowest BCUT2D eigenvalue weighted by Crippen LogP contribution is -2.33. The van der Waals surface area contributed by atoms with Crippen molar-refractivity contribution in [2.75, 3.05) is 30.4 Å². The first kappa shape index (κ1) is 11.3. The van der Waals surface area contributed by atoms with Crippen LogP contribution in [-0.4, -0.2) is 20.1 Å². The van der Waals surface area contributed by atoms with Crippen LogP contribution in [0.5, 0.6) is 0 Å². The molecule has 1 aromatic rings. The molecule has 88 valence electrons. The number of nitrogens with zero attached hydrogens (tertiary/aromatic N) is 1. The topological polar surface area (TPSA) is 15.3 Å². The SMILES string of the molecule is CCc1cccc2c1NCC(C)(C)CN2C. The van der Waals surface area contributed by atoms with Crippen LogP contribution >= 0.6 is 0 Å². The first-order valence-corrected chi connectivity index (χ1v) is 6.10. The van der Waals surface area contributed by atoms with E-state index in [1.807, 2.05) is 0 Å². The van der Waals surface area contributed by atoms with Gasteiger partial charge in [-0.3, -0.25) is 0 Å². The summed E-state index contributed by atoms with van der Waals surface area (Å²) >= 11 is 0. The lowest BCUT2D eigenvalue weighted by Gasteiger charge is -2.27. The average Bonchev–Trinajstić information content (AvgIpc) is 2.35. The Bertz CT molecular complexity index is 382. The molecule has 0 saturated heterocycles. The molecule has 0 bridgehead atoms. The fourth-order valence-corrected chi connectivity index (χ4v) is 2.51. The molecule has 0 saturated carbocycles. The first-order valence-electron chi connectivity index (χ1n) is 6.10. The number of rotatable bonds is 1. The van der Waals surface area contributed by atoms with Gasteiger partial charge in [0.25, 0.3) is 0 Å². The summed E-state index contributed by atoms with van der Waals surface area (Å²) in [7, 11) is 2.19.